The van der Waals surface area contributed by atoms with Crippen LogP contribution in [-0.2, 0) is 17.9 Å². The van der Waals surface area contributed by atoms with Crippen molar-refractivity contribution in [3.05, 3.63) is 104 Å². The molecular weight excluding hydrogens is 380 g/mol. The number of carbonyl (C=O) groups is 2. The van der Waals surface area contributed by atoms with Gasteiger partial charge in [0.25, 0.3) is 5.56 Å². The molecule has 0 atom stereocenters. The second-order valence-corrected chi connectivity index (χ2v) is 6.52. The van der Waals surface area contributed by atoms with Crippen molar-refractivity contribution in [1.82, 2.24) is 4.57 Å². The van der Waals surface area contributed by atoms with Crippen molar-refractivity contribution in [2.75, 3.05) is 0 Å². The Kier molecular flexibility index (Phi) is 5.91. The van der Waals surface area contributed by atoms with Gasteiger partial charge in [0.2, 0.25) is 5.91 Å². The van der Waals surface area contributed by atoms with Crippen LogP contribution in [0.5, 0.6) is 0 Å². The minimum absolute atomic E-state index is 0.0293. The van der Waals surface area contributed by atoms with Crippen LogP contribution in [0.4, 0.5) is 0 Å². The number of hydrogen-bond donors (Lipinski definition) is 1. The van der Waals surface area contributed by atoms with Crippen LogP contribution in [0.2, 0.25) is 5.02 Å². The van der Waals surface area contributed by atoms with Crippen LogP contribution in [0.1, 0.15) is 31.8 Å². The highest BCUT2D eigenvalue weighted by Crippen LogP contribution is 2.16. The lowest BCUT2D eigenvalue weighted by Crippen LogP contribution is -2.21. The van der Waals surface area contributed by atoms with Gasteiger partial charge in [0, 0.05) is 22.8 Å². The summed E-state index contributed by atoms with van der Waals surface area (Å²) in [6.45, 7) is 0.274. The van der Waals surface area contributed by atoms with Crippen molar-refractivity contribution in [2.45, 2.75) is 13.2 Å². The van der Waals surface area contributed by atoms with Crippen molar-refractivity contribution in [2.24, 2.45) is 5.73 Å². The van der Waals surface area contributed by atoms with Gasteiger partial charge >= 0.3 is 5.97 Å². The lowest BCUT2D eigenvalue weighted by molar-refractivity contribution is 0.0471. The summed E-state index contributed by atoms with van der Waals surface area (Å²) in [6.07, 6.45) is 1.45. The normalized spacial score (nSPS) is 10.5. The number of amides is 1. The van der Waals surface area contributed by atoms with Gasteiger partial charge in [0.15, 0.2) is 0 Å². The minimum Gasteiger partial charge on any atom is -0.457 e. The molecule has 0 aliphatic carbocycles. The molecule has 0 aliphatic rings. The van der Waals surface area contributed by atoms with Gasteiger partial charge in [0.05, 0.1) is 12.1 Å². The molecule has 3 rings (SSSR count). The zero-order valence-electron chi connectivity index (χ0n) is 14.8. The Morgan fingerprint density at radius 1 is 0.964 bits per heavy atom. The summed E-state index contributed by atoms with van der Waals surface area (Å²) in [6, 6.07) is 16.4. The zero-order chi connectivity index (χ0) is 20.1. The molecule has 2 aromatic carbocycles. The van der Waals surface area contributed by atoms with Crippen molar-refractivity contribution < 1.29 is 14.3 Å². The number of benzene rings is 2. The fourth-order valence-corrected chi connectivity index (χ4v) is 2.78. The maximum absolute atomic E-state index is 12.3. The number of esters is 1. The lowest BCUT2D eigenvalue weighted by atomic mass is 10.1. The van der Waals surface area contributed by atoms with E-state index in [1.807, 2.05) is 12.1 Å². The van der Waals surface area contributed by atoms with E-state index < -0.39 is 11.9 Å². The highest BCUT2D eigenvalue weighted by molar-refractivity contribution is 6.31. The Bertz CT molecular complexity index is 1070. The van der Waals surface area contributed by atoms with Gasteiger partial charge in [-0.1, -0.05) is 41.9 Å². The number of halogens is 1. The van der Waals surface area contributed by atoms with Crippen molar-refractivity contribution in [1.29, 1.82) is 0 Å². The maximum atomic E-state index is 12.3. The first-order valence-electron chi connectivity index (χ1n) is 8.44. The molecule has 0 spiro atoms. The van der Waals surface area contributed by atoms with E-state index in [4.69, 9.17) is 22.1 Å². The summed E-state index contributed by atoms with van der Waals surface area (Å²) in [5.74, 6) is -1.09. The third-order valence-electron chi connectivity index (χ3n) is 4.13. The van der Waals surface area contributed by atoms with Gasteiger partial charge in [0.1, 0.15) is 6.61 Å². The molecule has 7 heteroatoms. The zero-order valence-corrected chi connectivity index (χ0v) is 15.6. The van der Waals surface area contributed by atoms with E-state index >= 15 is 0 Å². The van der Waals surface area contributed by atoms with Gasteiger partial charge in [-0.25, -0.2) is 4.79 Å². The van der Waals surface area contributed by atoms with Crippen LogP contribution >= 0.6 is 11.6 Å². The average Bonchev–Trinajstić information content (AvgIpc) is 2.69. The largest absolute Gasteiger partial charge is 0.457 e. The SMILES string of the molecule is NC(=O)c1ccc(COC(=O)c2ccc(=O)n(Cc3ccccc3Cl)c2)cc1. The highest BCUT2D eigenvalue weighted by Gasteiger charge is 2.11. The van der Waals surface area contributed by atoms with Gasteiger partial charge < -0.3 is 15.0 Å². The first-order chi connectivity index (χ1) is 13.4. The molecule has 0 aliphatic heterocycles. The number of primary amides is 1. The van der Waals surface area contributed by atoms with E-state index in [1.165, 1.54) is 22.9 Å². The maximum Gasteiger partial charge on any atom is 0.339 e. The molecule has 142 valence electrons. The van der Waals surface area contributed by atoms with E-state index in [9.17, 15) is 14.4 Å². The number of carbonyl (C=O) groups excluding carboxylic acids is 2. The Morgan fingerprint density at radius 3 is 2.32 bits per heavy atom. The predicted molar refractivity (Wildman–Crippen MR) is 105 cm³/mol. The number of nitrogens with two attached hydrogens (primary N) is 1. The van der Waals surface area contributed by atoms with Gasteiger partial charge in [-0.05, 0) is 35.4 Å². The molecule has 0 fully saturated rings. The summed E-state index contributed by atoms with van der Waals surface area (Å²) < 4.78 is 6.69. The van der Waals surface area contributed by atoms with E-state index in [0.717, 1.165) is 5.56 Å². The summed E-state index contributed by atoms with van der Waals surface area (Å²) in [5.41, 5.74) is 7.05. The molecule has 1 amide bonds. The standard InChI is InChI=1S/C21H17ClN2O4/c22-18-4-2-1-3-16(18)11-24-12-17(9-10-19(24)25)21(27)28-13-14-5-7-15(8-6-14)20(23)26/h1-10,12H,11,13H2,(H2,23,26). The molecule has 0 bridgehead atoms. The lowest BCUT2D eigenvalue weighted by Gasteiger charge is -2.10. The molecule has 0 saturated carbocycles. The Morgan fingerprint density at radius 2 is 1.64 bits per heavy atom. The molecular formula is C21H17ClN2O4. The molecule has 0 unspecified atom stereocenters. The highest BCUT2D eigenvalue weighted by atomic mass is 35.5. The van der Waals surface area contributed by atoms with E-state index in [1.54, 1.807) is 36.4 Å². The van der Waals surface area contributed by atoms with Gasteiger partial charge in [-0.15, -0.1) is 0 Å². The topological polar surface area (TPSA) is 91.4 Å². The second-order valence-electron chi connectivity index (χ2n) is 6.11. The van der Waals surface area contributed by atoms with Crippen LogP contribution in [0.25, 0.3) is 0 Å². The average molecular weight is 397 g/mol. The van der Waals surface area contributed by atoms with Crippen LogP contribution in [0.3, 0.4) is 0 Å². The quantitative estimate of drug-likeness (QED) is 0.648. The number of aromatic nitrogens is 1. The van der Waals surface area contributed by atoms with Crippen LogP contribution in [0, 0.1) is 0 Å². The van der Waals surface area contributed by atoms with Crippen molar-refractivity contribution in [3.8, 4) is 0 Å². The monoisotopic (exact) mass is 396 g/mol. The van der Waals surface area contributed by atoms with Crippen LogP contribution in [0.15, 0.2) is 71.7 Å². The molecule has 0 radical (unpaired) electrons. The van der Waals surface area contributed by atoms with E-state index in [-0.39, 0.29) is 24.3 Å². The second kappa shape index (κ2) is 8.54. The van der Waals surface area contributed by atoms with Gasteiger partial charge in [-0.3, -0.25) is 9.59 Å². The van der Waals surface area contributed by atoms with Crippen LogP contribution in [-0.4, -0.2) is 16.4 Å². The van der Waals surface area contributed by atoms with E-state index in [0.29, 0.717) is 16.1 Å². The molecule has 28 heavy (non-hydrogen) atoms. The number of hydrogen-bond acceptors (Lipinski definition) is 4. The van der Waals surface area contributed by atoms with E-state index in [2.05, 4.69) is 0 Å². The molecule has 6 nitrogen and oxygen atoms in total. The molecule has 1 heterocycles. The van der Waals surface area contributed by atoms with Gasteiger partial charge in [-0.2, -0.15) is 0 Å². The third-order valence-corrected chi connectivity index (χ3v) is 4.49. The molecule has 0 saturated heterocycles. The third kappa shape index (κ3) is 4.66. The minimum atomic E-state index is -0.563. The summed E-state index contributed by atoms with van der Waals surface area (Å²) in [7, 11) is 0. The molecule has 1 aromatic heterocycles. The molecule has 2 N–H and O–H groups in total. The number of rotatable bonds is 6. The Labute approximate surface area is 166 Å². The van der Waals surface area contributed by atoms with Crippen LogP contribution < -0.4 is 11.3 Å². The summed E-state index contributed by atoms with van der Waals surface area (Å²) in [5, 5.41) is 0.543. The predicted octanol–water partition coefficient (Wildman–Crippen LogP) is 3.01. The summed E-state index contributed by atoms with van der Waals surface area (Å²) >= 11 is 6.14. The first kappa shape index (κ1) is 19.4. The fourth-order valence-electron chi connectivity index (χ4n) is 2.58. The van der Waals surface area contributed by atoms with Crippen molar-refractivity contribution in [3.63, 3.8) is 0 Å². The first-order valence-corrected chi connectivity index (χ1v) is 8.81. The Balaban J connectivity index is 1.71. The fraction of sp³-hybridized carbons (Fsp3) is 0.0952. The number of nitrogens with zero attached hydrogens (tertiary/aromatic N) is 1. The number of ether oxygens (including phenoxy) is 1. The summed E-state index contributed by atoms with van der Waals surface area (Å²) in [4.78, 5) is 35.5. The van der Waals surface area contributed by atoms with Crippen molar-refractivity contribution >= 4 is 23.5 Å². The Hall–Kier alpha value is -3.38. The smallest absolute Gasteiger partial charge is 0.339 e. The number of pyridine rings is 1. The molecule has 3 aromatic rings.